The molecule has 1 aromatic heterocycles. The first-order chi connectivity index (χ1) is 6.65. The SMILES string of the molecule is Cn1c(CN)c(Br)c2cc(F)ccc21. The van der Waals surface area contributed by atoms with Gasteiger partial charge in [0.05, 0.1) is 0 Å². The van der Waals surface area contributed by atoms with Crippen LogP contribution in [-0.4, -0.2) is 4.57 Å². The lowest BCUT2D eigenvalue weighted by molar-refractivity contribution is 0.629. The van der Waals surface area contributed by atoms with Gasteiger partial charge in [-0.15, -0.1) is 0 Å². The van der Waals surface area contributed by atoms with Crippen LogP contribution in [0.2, 0.25) is 0 Å². The van der Waals surface area contributed by atoms with Crippen LogP contribution in [0.15, 0.2) is 22.7 Å². The van der Waals surface area contributed by atoms with Gasteiger partial charge in [0.2, 0.25) is 0 Å². The molecule has 0 fully saturated rings. The third-order valence-electron chi connectivity index (χ3n) is 2.41. The summed E-state index contributed by atoms with van der Waals surface area (Å²) in [5, 5.41) is 0.868. The maximum Gasteiger partial charge on any atom is 0.123 e. The molecular formula is C10H10BrFN2. The average Bonchev–Trinajstić information content (AvgIpc) is 2.39. The lowest BCUT2D eigenvalue weighted by Crippen LogP contribution is -2.03. The highest BCUT2D eigenvalue weighted by molar-refractivity contribution is 9.10. The van der Waals surface area contributed by atoms with E-state index in [1.807, 2.05) is 11.6 Å². The Morgan fingerprint density at radius 2 is 2.21 bits per heavy atom. The van der Waals surface area contributed by atoms with Crippen LogP contribution in [-0.2, 0) is 13.6 Å². The van der Waals surface area contributed by atoms with Crippen LogP contribution in [0.4, 0.5) is 4.39 Å². The van der Waals surface area contributed by atoms with Crippen LogP contribution in [0.1, 0.15) is 5.69 Å². The van der Waals surface area contributed by atoms with Gasteiger partial charge in [0.15, 0.2) is 0 Å². The van der Waals surface area contributed by atoms with Gasteiger partial charge in [0.1, 0.15) is 5.82 Å². The summed E-state index contributed by atoms with van der Waals surface area (Å²) in [7, 11) is 1.92. The quantitative estimate of drug-likeness (QED) is 0.836. The van der Waals surface area contributed by atoms with Crippen LogP contribution in [0.25, 0.3) is 10.9 Å². The smallest absolute Gasteiger partial charge is 0.123 e. The second-order valence-corrected chi connectivity index (χ2v) is 3.98. The summed E-state index contributed by atoms with van der Waals surface area (Å²) in [6.45, 7) is 0.438. The molecule has 2 nitrogen and oxygen atoms in total. The number of hydrogen-bond donors (Lipinski definition) is 1. The fourth-order valence-corrected chi connectivity index (χ4v) is 2.40. The predicted octanol–water partition coefficient (Wildman–Crippen LogP) is 2.54. The molecule has 0 saturated heterocycles. The van der Waals surface area contributed by atoms with Gasteiger partial charge >= 0.3 is 0 Å². The number of nitrogens with two attached hydrogens (primary N) is 1. The van der Waals surface area contributed by atoms with Gasteiger partial charge < -0.3 is 10.3 Å². The fraction of sp³-hybridized carbons (Fsp3) is 0.200. The van der Waals surface area contributed by atoms with Crippen molar-refractivity contribution in [2.75, 3.05) is 0 Å². The highest BCUT2D eigenvalue weighted by atomic mass is 79.9. The lowest BCUT2D eigenvalue weighted by atomic mass is 10.2. The standard InChI is InChI=1S/C10H10BrFN2/c1-14-8-3-2-6(12)4-7(8)10(11)9(14)5-13/h2-4H,5,13H2,1H3. The maximum absolute atomic E-state index is 13.0. The Morgan fingerprint density at radius 1 is 1.50 bits per heavy atom. The van der Waals surface area contributed by atoms with Crippen molar-refractivity contribution < 1.29 is 4.39 Å². The molecule has 0 bridgehead atoms. The monoisotopic (exact) mass is 256 g/mol. The predicted molar refractivity (Wildman–Crippen MR) is 58.5 cm³/mol. The van der Waals surface area contributed by atoms with Gasteiger partial charge in [0.25, 0.3) is 0 Å². The zero-order valence-electron chi connectivity index (χ0n) is 7.72. The number of aryl methyl sites for hydroxylation is 1. The van der Waals surface area contributed by atoms with Gasteiger partial charge in [0, 0.05) is 34.7 Å². The van der Waals surface area contributed by atoms with E-state index in [0.717, 1.165) is 21.1 Å². The molecule has 2 N–H and O–H groups in total. The number of hydrogen-bond acceptors (Lipinski definition) is 1. The first kappa shape index (κ1) is 9.68. The van der Waals surface area contributed by atoms with Crippen LogP contribution < -0.4 is 5.73 Å². The van der Waals surface area contributed by atoms with Crippen LogP contribution >= 0.6 is 15.9 Å². The molecule has 4 heteroatoms. The summed E-state index contributed by atoms with van der Waals surface area (Å²) in [6, 6.07) is 4.72. The molecule has 0 spiro atoms. The first-order valence-corrected chi connectivity index (χ1v) is 5.07. The van der Waals surface area contributed by atoms with E-state index in [1.165, 1.54) is 12.1 Å². The topological polar surface area (TPSA) is 30.9 Å². The molecule has 0 unspecified atom stereocenters. The first-order valence-electron chi connectivity index (χ1n) is 4.27. The Labute approximate surface area is 89.6 Å². The van der Waals surface area contributed by atoms with Crippen molar-refractivity contribution in [3.05, 3.63) is 34.2 Å². The molecule has 0 amide bonds. The number of fused-ring (bicyclic) bond motifs is 1. The highest BCUT2D eigenvalue weighted by Gasteiger charge is 2.11. The third-order valence-corrected chi connectivity index (χ3v) is 3.29. The second kappa shape index (κ2) is 3.37. The van der Waals surface area contributed by atoms with E-state index in [2.05, 4.69) is 15.9 Å². The van der Waals surface area contributed by atoms with Crippen LogP contribution in [0, 0.1) is 5.82 Å². The number of rotatable bonds is 1. The van der Waals surface area contributed by atoms with E-state index < -0.39 is 0 Å². The fourth-order valence-electron chi connectivity index (χ4n) is 1.65. The minimum absolute atomic E-state index is 0.229. The van der Waals surface area contributed by atoms with Gasteiger partial charge in [-0.1, -0.05) is 0 Å². The van der Waals surface area contributed by atoms with Gasteiger partial charge in [-0.25, -0.2) is 4.39 Å². The number of benzene rings is 1. The molecule has 0 aliphatic rings. The molecule has 1 aromatic carbocycles. The summed E-state index contributed by atoms with van der Waals surface area (Å²) in [4.78, 5) is 0. The second-order valence-electron chi connectivity index (χ2n) is 3.19. The summed E-state index contributed by atoms with van der Waals surface area (Å²) < 4.78 is 15.9. The van der Waals surface area contributed by atoms with Crippen LogP contribution in [0.3, 0.4) is 0 Å². The van der Waals surface area contributed by atoms with Gasteiger partial charge in [-0.3, -0.25) is 0 Å². The van der Waals surface area contributed by atoms with Crippen molar-refractivity contribution >= 4 is 26.8 Å². The van der Waals surface area contributed by atoms with Crippen molar-refractivity contribution in [1.82, 2.24) is 4.57 Å². The van der Waals surface area contributed by atoms with E-state index in [0.29, 0.717) is 6.54 Å². The zero-order chi connectivity index (χ0) is 10.3. The van der Waals surface area contributed by atoms with Crippen molar-refractivity contribution in [2.24, 2.45) is 12.8 Å². The molecule has 14 heavy (non-hydrogen) atoms. The van der Waals surface area contributed by atoms with Crippen molar-refractivity contribution in [3.8, 4) is 0 Å². The lowest BCUT2D eigenvalue weighted by Gasteiger charge is -2.00. The summed E-state index contributed by atoms with van der Waals surface area (Å²) in [5.41, 5.74) is 7.57. The number of aromatic nitrogens is 1. The molecule has 1 heterocycles. The van der Waals surface area contributed by atoms with E-state index >= 15 is 0 Å². The molecular weight excluding hydrogens is 247 g/mol. The van der Waals surface area contributed by atoms with E-state index in [1.54, 1.807) is 6.07 Å². The molecule has 0 saturated carbocycles. The van der Waals surface area contributed by atoms with Crippen molar-refractivity contribution in [2.45, 2.75) is 6.54 Å². The van der Waals surface area contributed by atoms with E-state index in [-0.39, 0.29) is 5.82 Å². The molecule has 2 aromatic rings. The Morgan fingerprint density at radius 3 is 2.86 bits per heavy atom. The summed E-state index contributed by atoms with van der Waals surface area (Å²) in [5.74, 6) is -0.229. The Hall–Kier alpha value is -0.870. The maximum atomic E-state index is 13.0. The van der Waals surface area contributed by atoms with Crippen molar-refractivity contribution in [1.29, 1.82) is 0 Å². The van der Waals surface area contributed by atoms with Gasteiger partial charge in [-0.05, 0) is 34.1 Å². The third kappa shape index (κ3) is 1.26. The van der Waals surface area contributed by atoms with Gasteiger partial charge in [-0.2, -0.15) is 0 Å². The van der Waals surface area contributed by atoms with Crippen molar-refractivity contribution in [3.63, 3.8) is 0 Å². The highest BCUT2D eigenvalue weighted by Crippen LogP contribution is 2.30. The van der Waals surface area contributed by atoms with E-state index in [4.69, 9.17) is 5.73 Å². The summed E-state index contributed by atoms with van der Waals surface area (Å²) in [6.07, 6.45) is 0. The number of halogens is 2. The molecule has 2 rings (SSSR count). The summed E-state index contributed by atoms with van der Waals surface area (Å²) >= 11 is 3.43. The van der Waals surface area contributed by atoms with E-state index in [9.17, 15) is 4.39 Å². The Kier molecular flexibility index (Phi) is 2.33. The minimum Gasteiger partial charge on any atom is -0.345 e. The average molecular weight is 257 g/mol. The minimum atomic E-state index is -0.229. The molecule has 0 radical (unpaired) electrons. The number of nitrogens with zero attached hydrogens (tertiary/aromatic N) is 1. The molecule has 0 aliphatic carbocycles. The molecule has 0 aliphatic heterocycles. The molecule has 74 valence electrons. The normalized spacial score (nSPS) is 11.1. The zero-order valence-corrected chi connectivity index (χ0v) is 9.31. The Bertz CT molecular complexity index is 490. The largest absolute Gasteiger partial charge is 0.345 e. The Balaban J connectivity index is 2.87. The van der Waals surface area contributed by atoms with Crippen LogP contribution in [0.5, 0.6) is 0 Å². The molecule has 0 atom stereocenters.